The predicted molar refractivity (Wildman–Crippen MR) is 80.4 cm³/mol. The summed E-state index contributed by atoms with van der Waals surface area (Å²) in [7, 11) is 0. The van der Waals surface area contributed by atoms with E-state index in [0.717, 1.165) is 31.7 Å². The van der Waals surface area contributed by atoms with E-state index in [1.54, 1.807) is 0 Å². The molecule has 1 aromatic heterocycles. The molecule has 0 saturated carbocycles. The summed E-state index contributed by atoms with van der Waals surface area (Å²) in [6.07, 6.45) is 3.57. The second-order valence-corrected chi connectivity index (χ2v) is 5.22. The molecule has 1 aromatic carbocycles. The van der Waals surface area contributed by atoms with E-state index in [2.05, 4.69) is 20.3 Å². The maximum absolute atomic E-state index is 13.0. The Labute approximate surface area is 123 Å². The number of hydrogen-bond acceptors (Lipinski definition) is 5. The van der Waals surface area contributed by atoms with Crippen molar-refractivity contribution >= 4 is 11.6 Å². The molecule has 1 aliphatic rings. The smallest absolute Gasteiger partial charge is 0.145 e. The summed E-state index contributed by atoms with van der Waals surface area (Å²) in [5.74, 6) is 7.17. The van der Waals surface area contributed by atoms with Crippen LogP contribution in [0.2, 0.25) is 0 Å². The van der Waals surface area contributed by atoms with Crippen LogP contribution in [0.3, 0.4) is 0 Å². The van der Waals surface area contributed by atoms with Gasteiger partial charge in [-0.1, -0.05) is 12.1 Å². The van der Waals surface area contributed by atoms with Crippen LogP contribution in [0.5, 0.6) is 0 Å². The molecule has 0 aliphatic carbocycles. The zero-order valence-corrected chi connectivity index (χ0v) is 11.7. The van der Waals surface area contributed by atoms with Crippen molar-refractivity contribution in [2.45, 2.75) is 18.8 Å². The Hall–Kier alpha value is -2.21. The van der Waals surface area contributed by atoms with E-state index in [4.69, 9.17) is 5.84 Å². The Morgan fingerprint density at radius 2 is 1.86 bits per heavy atom. The normalized spacial score (nSPS) is 16.0. The number of nitrogens with one attached hydrogen (secondary N) is 1. The van der Waals surface area contributed by atoms with Crippen LogP contribution < -0.4 is 16.2 Å². The van der Waals surface area contributed by atoms with Gasteiger partial charge in [0.05, 0.1) is 0 Å². The van der Waals surface area contributed by atoms with Gasteiger partial charge in [0.2, 0.25) is 0 Å². The van der Waals surface area contributed by atoms with Gasteiger partial charge in [-0.15, -0.1) is 0 Å². The summed E-state index contributed by atoms with van der Waals surface area (Å²) in [5, 5.41) is 0. The molecule has 5 nitrogen and oxygen atoms in total. The van der Waals surface area contributed by atoms with Gasteiger partial charge in [-0.25, -0.2) is 20.2 Å². The number of nitrogens with zero attached hydrogens (tertiary/aromatic N) is 3. The van der Waals surface area contributed by atoms with Crippen LogP contribution in [0, 0.1) is 5.82 Å². The Kier molecular flexibility index (Phi) is 3.96. The zero-order chi connectivity index (χ0) is 14.7. The number of hydrogen-bond donors (Lipinski definition) is 2. The fourth-order valence-corrected chi connectivity index (χ4v) is 2.78. The van der Waals surface area contributed by atoms with Crippen LogP contribution >= 0.6 is 0 Å². The van der Waals surface area contributed by atoms with Crippen molar-refractivity contribution in [3.63, 3.8) is 0 Å². The fraction of sp³-hybridized carbons (Fsp3) is 0.333. The minimum absolute atomic E-state index is 0.181. The summed E-state index contributed by atoms with van der Waals surface area (Å²) in [6.45, 7) is 1.84. The fourth-order valence-electron chi connectivity index (χ4n) is 2.78. The number of piperidine rings is 1. The number of halogens is 1. The minimum Gasteiger partial charge on any atom is -0.356 e. The van der Waals surface area contributed by atoms with E-state index in [9.17, 15) is 4.39 Å². The third-order valence-corrected chi connectivity index (χ3v) is 3.96. The van der Waals surface area contributed by atoms with Crippen molar-refractivity contribution in [3.8, 4) is 0 Å². The molecule has 2 aromatic rings. The predicted octanol–water partition coefficient (Wildman–Crippen LogP) is 2.29. The van der Waals surface area contributed by atoms with Crippen LogP contribution in [-0.4, -0.2) is 23.1 Å². The molecule has 1 saturated heterocycles. The Bertz CT molecular complexity index is 593. The van der Waals surface area contributed by atoms with E-state index in [1.807, 2.05) is 18.2 Å². The molecule has 0 atom stereocenters. The first-order valence-electron chi connectivity index (χ1n) is 7.05. The first-order chi connectivity index (χ1) is 10.3. The topological polar surface area (TPSA) is 67.1 Å². The molecule has 0 bridgehead atoms. The molecular weight excluding hydrogens is 269 g/mol. The second kappa shape index (κ2) is 6.05. The van der Waals surface area contributed by atoms with Crippen LogP contribution in [0.25, 0.3) is 0 Å². The first-order valence-corrected chi connectivity index (χ1v) is 7.05. The maximum atomic E-state index is 13.0. The highest BCUT2D eigenvalue weighted by Crippen LogP contribution is 2.30. The molecule has 6 heteroatoms. The molecule has 0 amide bonds. The van der Waals surface area contributed by atoms with Gasteiger partial charge >= 0.3 is 0 Å². The van der Waals surface area contributed by atoms with Gasteiger partial charge in [-0.2, -0.15) is 0 Å². The number of anilines is 2. The van der Waals surface area contributed by atoms with Gasteiger partial charge in [0.1, 0.15) is 23.8 Å². The van der Waals surface area contributed by atoms with E-state index < -0.39 is 0 Å². The van der Waals surface area contributed by atoms with Crippen LogP contribution in [0.4, 0.5) is 16.0 Å². The highest BCUT2D eigenvalue weighted by molar-refractivity contribution is 5.48. The number of rotatable bonds is 3. The monoisotopic (exact) mass is 287 g/mol. The largest absolute Gasteiger partial charge is 0.356 e. The molecule has 21 heavy (non-hydrogen) atoms. The third kappa shape index (κ3) is 3.11. The van der Waals surface area contributed by atoms with Crippen molar-refractivity contribution in [1.82, 2.24) is 9.97 Å². The molecule has 1 fully saturated rings. The summed E-state index contributed by atoms with van der Waals surface area (Å²) in [4.78, 5) is 10.5. The Morgan fingerprint density at radius 1 is 1.14 bits per heavy atom. The van der Waals surface area contributed by atoms with Crippen molar-refractivity contribution in [2.75, 3.05) is 23.4 Å². The molecule has 1 aliphatic heterocycles. The van der Waals surface area contributed by atoms with E-state index >= 15 is 0 Å². The Balaban J connectivity index is 1.65. The maximum Gasteiger partial charge on any atom is 0.145 e. The molecule has 0 radical (unpaired) electrons. The average Bonchev–Trinajstić information content (AvgIpc) is 2.56. The standard InChI is InChI=1S/C15H18FN5/c16-13-3-1-11(2-4-13)12-5-7-21(8-6-12)15-9-14(20-17)18-10-19-15/h1-4,9-10,12H,5-8,17H2,(H,18,19,20). The molecule has 2 heterocycles. The lowest BCUT2D eigenvalue weighted by Gasteiger charge is -2.33. The quantitative estimate of drug-likeness (QED) is 0.669. The van der Waals surface area contributed by atoms with E-state index in [0.29, 0.717) is 11.7 Å². The van der Waals surface area contributed by atoms with Crippen LogP contribution in [0.1, 0.15) is 24.3 Å². The summed E-state index contributed by atoms with van der Waals surface area (Å²) < 4.78 is 13.0. The van der Waals surface area contributed by atoms with Crippen molar-refractivity contribution < 1.29 is 4.39 Å². The van der Waals surface area contributed by atoms with Crippen molar-refractivity contribution in [3.05, 3.63) is 48.0 Å². The summed E-state index contributed by atoms with van der Waals surface area (Å²) in [6, 6.07) is 8.68. The molecule has 0 spiro atoms. The van der Waals surface area contributed by atoms with Gasteiger partial charge < -0.3 is 10.3 Å². The van der Waals surface area contributed by atoms with Gasteiger partial charge in [0.15, 0.2) is 0 Å². The lowest BCUT2D eigenvalue weighted by molar-refractivity contribution is 0.501. The van der Waals surface area contributed by atoms with E-state index in [-0.39, 0.29) is 5.82 Å². The highest BCUT2D eigenvalue weighted by atomic mass is 19.1. The van der Waals surface area contributed by atoms with E-state index in [1.165, 1.54) is 24.0 Å². The highest BCUT2D eigenvalue weighted by Gasteiger charge is 2.21. The van der Waals surface area contributed by atoms with Crippen molar-refractivity contribution in [2.24, 2.45) is 5.84 Å². The first kappa shape index (κ1) is 13.8. The van der Waals surface area contributed by atoms with Gasteiger partial charge in [0, 0.05) is 19.2 Å². The average molecular weight is 287 g/mol. The van der Waals surface area contributed by atoms with Gasteiger partial charge in [0.25, 0.3) is 0 Å². The lowest BCUT2D eigenvalue weighted by atomic mass is 9.89. The molecular formula is C15H18FN5. The molecule has 3 N–H and O–H groups in total. The van der Waals surface area contributed by atoms with Crippen LogP contribution in [0.15, 0.2) is 36.7 Å². The lowest BCUT2D eigenvalue weighted by Crippen LogP contribution is -2.33. The number of benzene rings is 1. The molecule has 110 valence electrons. The van der Waals surface area contributed by atoms with Gasteiger partial charge in [-0.05, 0) is 36.5 Å². The second-order valence-electron chi connectivity index (χ2n) is 5.22. The minimum atomic E-state index is -0.181. The summed E-state index contributed by atoms with van der Waals surface area (Å²) >= 11 is 0. The van der Waals surface area contributed by atoms with Crippen LogP contribution in [-0.2, 0) is 0 Å². The molecule has 3 rings (SSSR count). The van der Waals surface area contributed by atoms with Crippen molar-refractivity contribution in [1.29, 1.82) is 0 Å². The number of aromatic nitrogens is 2. The number of hydrazine groups is 1. The summed E-state index contributed by atoms with van der Waals surface area (Å²) in [5.41, 5.74) is 3.74. The number of nitrogen functional groups attached to an aromatic ring is 1. The third-order valence-electron chi connectivity index (χ3n) is 3.96. The Morgan fingerprint density at radius 3 is 2.52 bits per heavy atom. The zero-order valence-electron chi connectivity index (χ0n) is 11.7. The number of nitrogens with two attached hydrogens (primary N) is 1. The van der Waals surface area contributed by atoms with Gasteiger partial charge in [-0.3, -0.25) is 0 Å². The molecule has 0 unspecified atom stereocenters. The SMILES string of the molecule is NNc1cc(N2CCC(c3ccc(F)cc3)CC2)ncn1.